The maximum Gasteiger partial charge on any atom is 0.244 e. The number of carbonyl (C=O) groups is 4. The van der Waals surface area contributed by atoms with Crippen molar-refractivity contribution in [2.24, 2.45) is 11.5 Å². The first-order valence-electron chi connectivity index (χ1n) is 13.7. The summed E-state index contributed by atoms with van der Waals surface area (Å²) >= 11 is 4.16. The van der Waals surface area contributed by atoms with Crippen LogP contribution in [0, 0.1) is 0 Å². The van der Waals surface area contributed by atoms with Crippen molar-refractivity contribution in [3.8, 4) is 11.5 Å². The second kappa shape index (κ2) is 18.4. The molecular formula is C29H39N6O7S. The zero-order chi connectivity index (χ0) is 31.8. The molecule has 0 heterocycles. The fourth-order valence-corrected chi connectivity index (χ4v) is 4.25. The largest absolute Gasteiger partial charge is 0.508 e. The van der Waals surface area contributed by atoms with Gasteiger partial charge in [-0.3, -0.25) is 24.0 Å². The molecule has 0 saturated heterocycles. The van der Waals surface area contributed by atoms with E-state index in [0.29, 0.717) is 36.9 Å². The Bertz CT molecular complexity index is 1210. The molecule has 0 unspecified atom stereocenters. The van der Waals surface area contributed by atoms with Gasteiger partial charge in [0, 0.05) is 18.6 Å². The van der Waals surface area contributed by atoms with E-state index in [0.717, 1.165) is 0 Å². The Morgan fingerprint density at radius 2 is 1.35 bits per heavy atom. The first-order valence-corrected chi connectivity index (χ1v) is 14.4. The molecule has 10 N–H and O–H groups in total. The molecule has 0 aromatic heterocycles. The standard InChI is InChI=1S/C29H39N6O7S/c30-12-2-1-3-23(31)27(40)32-15-26(39)34-24(14-19-6-10-22(38)11-7-19)28(41)35-25(17-43)29(42)33-20(16-36)13-18-4-8-21(37)9-5-18/h4-11,20,23-25,37-38,43H,1-3,12-15,17,30-31H2,(H,32,40)(H,33,42)(H,34,39)(H,35,41)/t20-,23-,24-,25-/m0/s1. The highest BCUT2D eigenvalue weighted by Gasteiger charge is 2.28. The van der Waals surface area contributed by atoms with Gasteiger partial charge in [0.25, 0.3) is 0 Å². The summed E-state index contributed by atoms with van der Waals surface area (Å²) in [6.45, 7) is 0.0419. The number of hydrogen-bond acceptors (Lipinski definition) is 10. The number of nitrogens with one attached hydrogen (secondary N) is 4. The number of nitrogens with two attached hydrogens (primary N) is 2. The molecule has 0 saturated carbocycles. The van der Waals surface area contributed by atoms with E-state index in [1.807, 2.05) is 0 Å². The summed E-state index contributed by atoms with van der Waals surface area (Å²) in [4.78, 5) is 62.7. The van der Waals surface area contributed by atoms with E-state index >= 15 is 0 Å². The average Bonchev–Trinajstić information content (AvgIpc) is 2.99. The molecule has 1 radical (unpaired) electrons. The van der Waals surface area contributed by atoms with Crippen LogP contribution in [0.25, 0.3) is 0 Å². The number of benzene rings is 2. The van der Waals surface area contributed by atoms with Crippen LogP contribution in [-0.2, 0) is 36.8 Å². The van der Waals surface area contributed by atoms with Gasteiger partial charge in [-0.05, 0) is 54.8 Å². The maximum absolute atomic E-state index is 13.3. The van der Waals surface area contributed by atoms with Gasteiger partial charge in [-0.2, -0.15) is 12.6 Å². The Morgan fingerprint density at radius 1 is 0.791 bits per heavy atom. The molecule has 2 rings (SSSR count). The minimum absolute atomic E-state index is 0.00307. The van der Waals surface area contributed by atoms with E-state index < -0.39 is 54.3 Å². The number of unbranched alkanes of at least 4 members (excludes halogenated alkanes) is 1. The lowest BCUT2D eigenvalue weighted by molar-refractivity contribution is -0.132. The molecule has 2 aromatic carbocycles. The van der Waals surface area contributed by atoms with Gasteiger partial charge in [0.1, 0.15) is 23.6 Å². The molecule has 0 fully saturated rings. The predicted octanol–water partition coefficient (Wildman–Crippen LogP) is -1.05. The van der Waals surface area contributed by atoms with Crippen molar-refractivity contribution in [3.63, 3.8) is 0 Å². The number of phenolic OH excluding ortho intramolecular Hbond substituents is 2. The van der Waals surface area contributed by atoms with Gasteiger partial charge in [0.05, 0.1) is 18.6 Å². The average molecular weight is 616 g/mol. The van der Waals surface area contributed by atoms with Crippen LogP contribution >= 0.6 is 12.6 Å². The van der Waals surface area contributed by atoms with Gasteiger partial charge >= 0.3 is 0 Å². The molecule has 4 atom stereocenters. The topological polar surface area (TPSA) is 226 Å². The van der Waals surface area contributed by atoms with Gasteiger partial charge in [-0.15, -0.1) is 0 Å². The van der Waals surface area contributed by atoms with Crippen LogP contribution in [0.2, 0.25) is 0 Å². The Balaban J connectivity index is 2.05. The zero-order valence-electron chi connectivity index (χ0n) is 23.6. The number of hydrogen-bond donors (Lipinski definition) is 9. The van der Waals surface area contributed by atoms with Crippen LogP contribution < -0.4 is 32.7 Å². The van der Waals surface area contributed by atoms with Crippen molar-refractivity contribution in [3.05, 3.63) is 59.7 Å². The van der Waals surface area contributed by atoms with Crippen molar-refractivity contribution < 1.29 is 34.2 Å². The maximum atomic E-state index is 13.3. The van der Waals surface area contributed by atoms with E-state index in [2.05, 4.69) is 33.9 Å². The lowest BCUT2D eigenvalue weighted by Crippen LogP contribution is -2.57. The van der Waals surface area contributed by atoms with Crippen LogP contribution in [-0.4, -0.2) is 83.1 Å². The van der Waals surface area contributed by atoms with E-state index in [-0.39, 0.29) is 30.1 Å². The third kappa shape index (κ3) is 12.7. The summed E-state index contributed by atoms with van der Waals surface area (Å²) < 4.78 is 0. The van der Waals surface area contributed by atoms with Gasteiger partial charge < -0.3 is 42.9 Å². The molecular weight excluding hydrogens is 576 g/mol. The van der Waals surface area contributed by atoms with Crippen molar-refractivity contribution >= 4 is 42.5 Å². The Morgan fingerprint density at radius 3 is 1.88 bits per heavy atom. The quantitative estimate of drug-likeness (QED) is 0.0735. The van der Waals surface area contributed by atoms with Gasteiger partial charge in [-0.1, -0.05) is 30.7 Å². The van der Waals surface area contributed by atoms with Crippen LogP contribution in [0.5, 0.6) is 11.5 Å². The molecule has 0 aliphatic rings. The first-order chi connectivity index (χ1) is 20.6. The highest BCUT2D eigenvalue weighted by molar-refractivity contribution is 7.80. The third-order valence-electron chi connectivity index (χ3n) is 6.41. The van der Waals surface area contributed by atoms with Gasteiger partial charge in [0.2, 0.25) is 29.9 Å². The van der Waals surface area contributed by atoms with Crippen LogP contribution in [0.1, 0.15) is 30.4 Å². The molecule has 4 amide bonds. The van der Waals surface area contributed by atoms with Crippen LogP contribution in [0.3, 0.4) is 0 Å². The Labute approximate surface area is 255 Å². The number of carbonyl (C=O) groups excluding carboxylic acids is 5. The molecule has 0 bridgehead atoms. The van der Waals surface area contributed by atoms with Crippen LogP contribution in [0.15, 0.2) is 48.5 Å². The number of thiol groups is 1. The Kier molecular flexibility index (Phi) is 15.0. The van der Waals surface area contributed by atoms with Crippen molar-refractivity contribution in [2.75, 3.05) is 18.8 Å². The molecule has 0 aliphatic carbocycles. The lowest BCUT2D eigenvalue weighted by atomic mass is 10.0. The molecule has 0 aliphatic heterocycles. The third-order valence-corrected chi connectivity index (χ3v) is 6.77. The van der Waals surface area contributed by atoms with Crippen molar-refractivity contribution in [1.82, 2.24) is 21.3 Å². The summed E-state index contributed by atoms with van der Waals surface area (Å²) in [6, 6.07) is 7.88. The first kappa shape index (κ1) is 35.1. The Hall–Kier alpha value is -4.14. The molecule has 233 valence electrons. The predicted molar refractivity (Wildman–Crippen MR) is 163 cm³/mol. The molecule has 2 aromatic rings. The second-order valence-electron chi connectivity index (χ2n) is 9.89. The van der Waals surface area contributed by atoms with Crippen LogP contribution in [0.4, 0.5) is 0 Å². The molecule has 14 heteroatoms. The monoisotopic (exact) mass is 615 g/mol. The summed E-state index contributed by atoms with van der Waals surface area (Å²) in [6.07, 6.45) is 3.63. The van der Waals surface area contributed by atoms with E-state index in [1.54, 1.807) is 30.6 Å². The number of amides is 4. The summed E-state index contributed by atoms with van der Waals surface area (Å²) in [5.41, 5.74) is 12.6. The van der Waals surface area contributed by atoms with Crippen molar-refractivity contribution in [1.29, 1.82) is 0 Å². The minimum atomic E-state index is -1.17. The van der Waals surface area contributed by atoms with E-state index in [9.17, 15) is 34.2 Å². The summed E-state index contributed by atoms with van der Waals surface area (Å²) in [5, 5.41) is 29.1. The van der Waals surface area contributed by atoms with Gasteiger partial charge in [-0.25, -0.2) is 0 Å². The van der Waals surface area contributed by atoms with Crippen molar-refractivity contribution in [2.45, 2.75) is 56.3 Å². The number of phenols is 2. The van der Waals surface area contributed by atoms with E-state index in [1.165, 1.54) is 24.3 Å². The van der Waals surface area contributed by atoms with E-state index in [4.69, 9.17) is 11.5 Å². The lowest BCUT2D eigenvalue weighted by Gasteiger charge is -2.23. The zero-order valence-corrected chi connectivity index (χ0v) is 24.5. The molecule has 13 nitrogen and oxygen atoms in total. The SMILES string of the molecule is NCCCC[C@H](N)C(=O)NCC(=O)N[C@@H](Cc1ccc(O)cc1)C(=O)N[C@@H](CS)C(=O)N[C@H]([C]=O)Cc1ccc(O)cc1. The van der Waals surface area contributed by atoms with Gasteiger partial charge in [0.15, 0.2) is 0 Å². The highest BCUT2D eigenvalue weighted by Crippen LogP contribution is 2.13. The fourth-order valence-electron chi connectivity index (χ4n) is 3.99. The summed E-state index contributed by atoms with van der Waals surface area (Å²) in [5.74, 6) is -2.66. The number of aromatic hydroxyl groups is 2. The normalized spacial score (nSPS) is 13.6. The fraction of sp³-hybridized carbons (Fsp3) is 0.414. The molecule has 0 spiro atoms. The second-order valence-corrected chi connectivity index (χ2v) is 10.3. The minimum Gasteiger partial charge on any atom is -0.508 e. The molecule has 43 heavy (non-hydrogen) atoms. The smallest absolute Gasteiger partial charge is 0.244 e. The summed E-state index contributed by atoms with van der Waals surface area (Å²) in [7, 11) is 0. The highest BCUT2D eigenvalue weighted by atomic mass is 32.1. The number of rotatable bonds is 18.